The molecule has 0 saturated heterocycles. The first kappa shape index (κ1) is 22.8. The van der Waals surface area contributed by atoms with E-state index >= 15 is 0 Å². The Labute approximate surface area is 207 Å². The van der Waals surface area contributed by atoms with Crippen molar-refractivity contribution in [1.29, 1.82) is 0 Å². The van der Waals surface area contributed by atoms with Crippen molar-refractivity contribution in [1.82, 2.24) is 15.5 Å². The molecule has 35 heavy (non-hydrogen) atoms. The van der Waals surface area contributed by atoms with Crippen LogP contribution in [0.2, 0.25) is 5.02 Å². The topological polar surface area (TPSA) is 71.3 Å². The average Bonchev–Trinajstić information content (AvgIpc) is 3.31. The van der Waals surface area contributed by atoms with Crippen molar-refractivity contribution in [3.8, 4) is 11.4 Å². The highest BCUT2D eigenvalue weighted by Gasteiger charge is 2.36. The molecule has 1 aliphatic heterocycles. The molecule has 1 aromatic heterocycles. The molecule has 8 heteroatoms. The van der Waals surface area contributed by atoms with Crippen molar-refractivity contribution in [3.05, 3.63) is 106 Å². The first-order valence-electron chi connectivity index (χ1n) is 11.1. The summed E-state index contributed by atoms with van der Waals surface area (Å²) in [5.74, 6) is 0.257. The van der Waals surface area contributed by atoms with Crippen LogP contribution >= 0.6 is 11.6 Å². The molecule has 0 spiro atoms. The minimum atomic E-state index is -0.686. The van der Waals surface area contributed by atoms with Crippen LogP contribution in [0.5, 0.6) is 0 Å². The summed E-state index contributed by atoms with van der Waals surface area (Å²) in [5, 5.41) is 7.77. The Kier molecular flexibility index (Phi) is 5.86. The molecule has 1 atom stereocenters. The minimum absolute atomic E-state index is 0.240. The lowest BCUT2D eigenvalue weighted by Gasteiger charge is -2.35. The number of anilines is 1. The Morgan fingerprint density at radius 1 is 1.03 bits per heavy atom. The number of halogens is 2. The zero-order chi connectivity index (χ0) is 24.7. The van der Waals surface area contributed by atoms with E-state index in [9.17, 15) is 9.18 Å². The average molecular weight is 489 g/mol. The van der Waals surface area contributed by atoms with E-state index in [0.717, 1.165) is 16.7 Å². The predicted molar refractivity (Wildman–Crippen MR) is 133 cm³/mol. The molecular formula is C27H22ClFN4O2. The number of urea groups is 1. The van der Waals surface area contributed by atoms with Gasteiger partial charge in [0.05, 0.1) is 17.3 Å². The van der Waals surface area contributed by atoms with Gasteiger partial charge in [0.1, 0.15) is 5.82 Å². The first-order valence-corrected chi connectivity index (χ1v) is 11.4. The van der Waals surface area contributed by atoms with Gasteiger partial charge in [-0.15, -0.1) is 0 Å². The minimum Gasteiger partial charge on any atom is -0.334 e. The summed E-state index contributed by atoms with van der Waals surface area (Å²) < 4.78 is 19.8. The molecule has 1 N–H and O–H groups in total. The molecule has 2 amide bonds. The number of hydrogen-bond donors (Lipinski definition) is 1. The third-order valence-electron chi connectivity index (χ3n) is 6.00. The lowest BCUT2D eigenvalue weighted by Crippen LogP contribution is -2.46. The van der Waals surface area contributed by atoms with Crippen LogP contribution in [0.4, 0.5) is 14.9 Å². The molecule has 1 aliphatic rings. The summed E-state index contributed by atoms with van der Waals surface area (Å²) in [6, 6.07) is 18.2. The van der Waals surface area contributed by atoms with Gasteiger partial charge in [0.25, 0.3) is 5.89 Å². The number of hydrogen-bond acceptors (Lipinski definition) is 4. The third-order valence-corrected chi connectivity index (χ3v) is 6.42. The number of aryl methyl sites for hydroxylation is 2. The van der Waals surface area contributed by atoms with Crippen molar-refractivity contribution in [2.24, 2.45) is 0 Å². The van der Waals surface area contributed by atoms with E-state index in [1.54, 1.807) is 31.2 Å². The first-order chi connectivity index (χ1) is 16.8. The Hall–Kier alpha value is -3.97. The molecule has 0 fully saturated rings. The molecule has 6 nitrogen and oxygen atoms in total. The van der Waals surface area contributed by atoms with Gasteiger partial charge in [-0.05, 0) is 68.3 Å². The maximum Gasteiger partial charge on any atom is 0.326 e. The fraction of sp³-hybridized carbons (Fsp3) is 0.148. The Morgan fingerprint density at radius 3 is 2.57 bits per heavy atom. The predicted octanol–water partition coefficient (Wildman–Crippen LogP) is 6.85. The normalized spacial score (nSPS) is 16.0. The van der Waals surface area contributed by atoms with Crippen molar-refractivity contribution in [2.45, 2.75) is 26.8 Å². The molecule has 1 unspecified atom stereocenters. The maximum atomic E-state index is 14.1. The monoisotopic (exact) mass is 488 g/mol. The molecule has 4 aromatic rings. The Bertz CT molecular complexity index is 1480. The van der Waals surface area contributed by atoms with Crippen LogP contribution in [0.25, 0.3) is 17.0 Å². The number of nitrogens with one attached hydrogen (secondary N) is 1. The van der Waals surface area contributed by atoms with Gasteiger partial charge in [-0.25, -0.2) is 9.18 Å². The number of aromatic nitrogens is 2. The second-order valence-electron chi connectivity index (χ2n) is 8.50. The number of rotatable bonds is 4. The standard InChI is InChI=1S/C27H22ClFN4O2/c1-15-6-4-8-19(12-15)25-31-26(35-32-25)23-17(3)33(21-10-11-22(28)16(2)13-21)27(34)30-24(23)18-7-5-9-20(29)14-18/h4-14,24H,1-3H3,(H,30,34). The number of nitrogens with zero attached hydrogens (tertiary/aromatic N) is 3. The molecule has 0 saturated carbocycles. The van der Waals surface area contributed by atoms with Crippen LogP contribution in [0.15, 0.2) is 77.0 Å². The van der Waals surface area contributed by atoms with Crippen LogP contribution in [0, 0.1) is 19.7 Å². The molecule has 3 aromatic carbocycles. The van der Waals surface area contributed by atoms with Gasteiger partial charge >= 0.3 is 6.03 Å². The lowest BCUT2D eigenvalue weighted by atomic mass is 9.94. The van der Waals surface area contributed by atoms with Gasteiger partial charge in [0, 0.05) is 16.3 Å². The zero-order valence-corrected chi connectivity index (χ0v) is 20.1. The second-order valence-corrected chi connectivity index (χ2v) is 8.91. The summed E-state index contributed by atoms with van der Waals surface area (Å²) in [6.45, 7) is 5.66. The molecule has 0 aliphatic carbocycles. The molecular weight excluding hydrogens is 467 g/mol. The molecule has 176 valence electrons. The molecule has 0 bridgehead atoms. The number of carbonyl (C=O) groups excluding carboxylic acids is 1. The van der Waals surface area contributed by atoms with E-state index in [2.05, 4.69) is 15.5 Å². The highest BCUT2D eigenvalue weighted by atomic mass is 35.5. The van der Waals surface area contributed by atoms with E-state index in [1.165, 1.54) is 17.0 Å². The maximum absolute atomic E-state index is 14.1. The van der Waals surface area contributed by atoms with E-state index < -0.39 is 11.9 Å². The molecule has 2 heterocycles. The van der Waals surface area contributed by atoms with E-state index in [1.807, 2.05) is 44.2 Å². The van der Waals surface area contributed by atoms with Crippen molar-refractivity contribution in [2.75, 3.05) is 4.90 Å². The number of allylic oxidation sites excluding steroid dienone is 1. The molecule has 0 radical (unpaired) electrons. The fourth-order valence-electron chi connectivity index (χ4n) is 4.27. The third kappa shape index (κ3) is 4.31. The quantitative estimate of drug-likeness (QED) is 0.341. The van der Waals surface area contributed by atoms with Gasteiger partial charge < -0.3 is 9.84 Å². The second kappa shape index (κ2) is 9.00. The van der Waals surface area contributed by atoms with Gasteiger partial charge in [0.15, 0.2) is 0 Å². The SMILES string of the molecule is CC1=C(c2nc(-c3cccc(C)c3)no2)C(c2cccc(F)c2)NC(=O)N1c1ccc(Cl)c(C)c1. The number of benzene rings is 3. The number of carbonyl (C=O) groups is 1. The van der Waals surface area contributed by atoms with Crippen LogP contribution in [-0.2, 0) is 0 Å². The van der Waals surface area contributed by atoms with E-state index in [0.29, 0.717) is 33.4 Å². The molecule has 5 rings (SSSR count). The van der Waals surface area contributed by atoms with Crippen LogP contribution in [0.1, 0.15) is 35.5 Å². The van der Waals surface area contributed by atoms with Crippen LogP contribution in [-0.4, -0.2) is 16.2 Å². The van der Waals surface area contributed by atoms with Gasteiger partial charge in [-0.3, -0.25) is 4.90 Å². The number of amides is 2. The Balaban J connectivity index is 1.67. The van der Waals surface area contributed by atoms with Crippen molar-refractivity contribution < 1.29 is 13.7 Å². The van der Waals surface area contributed by atoms with Gasteiger partial charge in [-0.1, -0.05) is 52.7 Å². The fourth-order valence-corrected chi connectivity index (χ4v) is 4.39. The summed E-state index contributed by atoms with van der Waals surface area (Å²) >= 11 is 6.21. The summed E-state index contributed by atoms with van der Waals surface area (Å²) in [6.07, 6.45) is 0. The Morgan fingerprint density at radius 2 is 1.83 bits per heavy atom. The van der Waals surface area contributed by atoms with Crippen molar-refractivity contribution >= 4 is 28.9 Å². The van der Waals surface area contributed by atoms with Crippen LogP contribution in [0.3, 0.4) is 0 Å². The lowest BCUT2D eigenvalue weighted by molar-refractivity contribution is 0.244. The highest BCUT2D eigenvalue weighted by Crippen LogP contribution is 2.39. The smallest absolute Gasteiger partial charge is 0.326 e. The van der Waals surface area contributed by atoms with E-state index in [-0.39, 0.29) is 11.9 Å². The van der Waals surface area contributed by atoms with Crippen LogP contribution < -0.4 is 10.2 Å². The summed E-state index contributed by atoms with van der Waals surface area (Å²) in [4.78, 5) is 19.5. The van der Waals surface area contributed by atoms with Gasteiger partial charge in [0.2, 0.25) is 5.82 Å². The largest absolute Gasteiger partial charge is 0.334 e. The summed E-state index contributed by atoms with van der Waals surface area (Å²) in [7, 11) is 0. The summed E-state index contributed by atoms with van der Waals surface area (Å²) in [5.41, 5.74) is 5.07. The van der Waals surface area contributed by atoms with Crippen molar-refractivity contribution in [3.63, 3.8) is 0 Å². The van der Waals surface area contributed by atoms with Gasteiger partial charge in [-0.2, -0.15) is 4.98 Å². The highest BCUT2D eigenvalue weighted by molar-refractivity contribution is 6.31. The van der Waals surface area contributed by atoms with E-state index in [4.69, 9.17) is 16.1 Å². The zero-order valence-electron chi connectivity index (χ0n) is 19.3.